The molecule has 0 aliphatic rings. The maximum Gasteiger partial charge on any atom is 0.117 e. The Balaban J connectivity index is 2.30. The SMILES string of the molecule is CC[C@@H](O)[C@H](/C=C(/C#N)N(C)[C@@H](C)[C@H](O)c1ccccc1)c1ccccc1. The molecular formula is C23H28N2O2. The first-order valence-electron chi connectivity index (χ1n) is 9.30. The molecule has 0 radical (unpaired) electrons. The van der Waals surface area contributed by atoms with E-state index in [2.05, 4.69) is 6.07 Å². The molecule has 4 heteroatoms. The van der Waals surface area contributed by atoms with Gasteiger partial charge in [0.15, 0.2) is 0 Å². The first-order chi connectivity index (χ1) is 13.0. The van der Waals surface area contributed by atoms with E-state index in [4.69, 9.17) is 0 Å². The second-order valence-electron chi connectivity index (χ2n) is 6.78. The van der Waals surface area contributed by atoms with E-state index in [-0.39, 0.29) is 12.0 Å². The summed E-state index contributed by atoms with van der Waals surface area (Å²) < 4.78 is 0. The fourth-order valence-electron chi connectivity index (χ4n) is 3.12. The topological polar surface area (TPSA) is 67.5 Å². The highest BCUT2D eigenvalue weighted by Crippen LogP contribution is 2.27. The maximum atomic E-state index is 10.7. The van der Waals surface area contributed by atoms with Crippen LogP contribution in [0.3, 0.4) is 0 Å². The molecule has 0 unspecified atom stereocenters. The Labute approximate surface area is 162 Å². The Hall–Kier alpha value is -2.61. The highest BCUT2D eigenvalue weighted by atomic mass is 16.3. The van der Waals surface area contributed by atoms with Crippen LogP contribution in [0.4, 0.5) is 0 Å². The van der Waals surface area contributed by atoms with Crippen molar-refractivity contribution in [2.45, 2.75) is 44.4 Å². The van der Waals surface area contributed by atoms with E-state index in [1.807, 2.05) is 74.5 Å². The fraction of sp³-hybridized carbons (Fsp3) is 0.348. The van der Waals surface area contributed by atoms with Crippen LogP contribution in [0.25, 0.3) is 0 Å². The highest BCUT2D eigenvalue weighted by Gasteiger charge is 2.24. The maximum absolute atomic E-state index is 10.7. The fourth-order valence-corrected chi connectivity index (χ4v) is 3.12. The smallest absolute Gasteiger partial charge is 0.117 e. The molecule has 0 aliphatic carbocycles. The lowest BCUT2D eigenvalue weighted by atomic mass is 9.90. The van der Waals surface area contributed by atoms with Gasteiger partial charge >= 0.3 is 0 Å². The number of nitrogens with zero attached hydrogens (tertiary/aromatic N) is 2. The molecule has 2 rings (SSSR count). The van der Waals surface area contributed by atoms with Gasteiger partial charge in [0.2, 0.25) is 0 Å². The third-order valence-corrected chi connectivity index (χ3v) is 5.06. The van der Waals surface area contributed by atoms with E-state index < -0.39 is 12.2 Å². The Morgan fingerprint density at radius 2 is 1.56 bits per heavy atom. The molecule has 0 amide bonds. The molecule has 0 aliphatic heterocycles. The molecule has 4 nitrogen and oxygen atoms in total. The van der Waals surface area contributed by atoms with Gasteiger partial charge in [-0.1, -0.05) is 67.6 Å². The first-order valence-corrected chi connectivity index (χ1v) is 9.30. The molecule has 0 bridgehead atoms. The summed E-state index contributed by atoms with van der Waals surface area (Å²) in [5, 5.41) is 30.9. The lowest BCUT2D eigenvalue weighted by molar-refractivity contribution is 0.0905. The third kappa shape index (κ3) is 5.19. The lowest BCUT2D eigenvalue weighted by Gasteiger charge is -2.31. The van der Waals surface area contributed by atoms with E-state index in [0.717, 1.165) is 11.1 Å². The van der Waals surface area contributed by atoms with Crippen molar-refractivity contribution in [2.75, 3.05) is 7.05 Å². The van der Waals surface area contributed by atoms with E-state index in [0.29, 0.717) is 12.1 Å². The van der Waals surface area contributed by atoms with Gasteiger partial charge < -0.3 is 15.1 Å². The summed E-state index contributed by atoms with van der Waals surface area (Å²) in [4.78, 5) is 1.77. The number of allylic oxidation sites excluding steroid dienone is 1. The number of likely N-dealkylation sites (N-methyl/N-ethyl adjacent to an activating group) is 1. The summed E-state index contributed by atoms with van der Waals surface area (Å²) in [5.74, 6) is -0.283. The van der Waals surface area contributed by atoms with Crippen LogP contribution in [0.2, 0.25) is 0 Å². The summed E-state index contributed by atoms with van der Waals surface area (Å²) in [6.45, 7) is 3.81. The molecule has 27 heavy (non-hydrogen) atoms. The van der Waals surface area contributed by atoms with Crippen LogP contribution in [0, 0.1) is 11.3 Å². The monoisotopic (exact) mass is 364 g/mol. The number of aliphatic hydroxyl groups excluding tert-OH is 2. The zero-order valence-electron chi connectivity index (χ0n) is 16.2. The van der Waals surface area contributed by atoms with Crippen molar-refractivity contribution in [3.8, 4) is 6.07 Å². The van der Waals surface area contributed by atoms with Gasteiger partial charge in [-0.05, 0) is 30.5 Å². The average Bonchev–Trinajstić information content (AvgIpc) is 2.73. The van der Waals surface area contributed by atoms with Crippen LogP contribution in [0.5, 0.6) is 0 Å². The Morgan fingerprint density at radius 3 is 2.04 bits per heavy atom. The third-order valence-electron chi connectivity index (χ3n) is 5.06. The van der Waals surface area contributed by atoms with Crippen molar-refractivity contribution in [3.63, 3.8) is 0 Å². The predicted molar refractivity (Wildman–Crippen MR) is 108 cm³/mol. The van der Waals surface area contributed by atoms with Crippen LogP contribution in [-0.2, 0) is 0 Å². The number of benzene rings is 2. The van der Waals surface area contributed by atoms with Crippen molar-refractivity contribution >= 4 is 0 Å². The summed E-state index contributed by atoms with van der Waals surface area (Å²) in [6, 6.07) is 21.0. The summed E-state index contributed by atoms with van der Waals surface area (Å²) in [6.07, 6.45) is 1.08. The van der Waals surface area contributed by atoms with E-state index in [1.54, 1.807) is 18.0 Å². The molecule has 0 spiro atoms. The van der Waals surface area contributed by atoms with E-state index in [1.165, 1.54) is 0 Å². The molecule has 0 saturated carbocycles. The summed E-state index contributed by atoms with van der Waals surface area (Å²) in [7, 11) is 1.80. The van der Waals surface area contributed by atoms with Crippen molar-refractivity contribution < 1.29 is 10.2 Å². The largest absolute Gasteiger partial charge is 0.392 e. The van der Waals surface area contributed by atoms with Crippen molar-refractivity contribution in [3.05, 3.63) is 83.6 Å². The average molecular weight is 364 g/mol. The number of hydrogen-bond donors (Lipinski definition) is 2. The van der Waals surface area contributed by atoms with E-state index in [9.17, 15) is 15.5 Å². The molecule has 0 fully saturated rings. The van der Waals surface area contributed by atoms with Crippen molar-refractivity contribution in [1.29, 1.82) is 5.26 Å². The first kappa shape index (κ1) is 20.7. The van der Waals surface area contributed by atoms with Crippen LogP contribution in [0.15, 0.2) is 72.4 Å². The molecule has 2 aromatic carbocycles. The van der Waals surface area contributed by atoms with Gasteiger partial charge in [0, 0.05) is 13.0 Å². The standard InChI is InChI=1S/C23H28N2O2/c1-4-22(26)21(18-11-7-5-8-12-18)15-20(16-24)25(3)17(2)23(27)19-13-9-6-10-14-19/h5-15,17,21-23,26-27H,4H2,1-3H3/b20-15-/t17-,21+,22+,23-/m0/s1. The molecule has 142 valence electrons. The molecule has 0 heterocycles. The summed E-state index contributed by atoms with van der Waals surface area (Å²) in [5.41, 5.74) is 2.20. The van der Waals surface area contributed by atoms with Crippen molar-refractivity contribution in [2.24, 2.45) is 0 Å². The second kappa shape index (κ2) is 9.91. The minimum atomic E-state index is -0.723. The summed E-state index contributed by atoms with van der Waals surface area (Å²) >= 11 is 0. The molecule has 0 saturated heterocycles. The Bertz CT molecular complexity index is 768. The van der Waals surface area contributed by atoms with E-state index >= 15 is 0 Å². The van der Waals surface area contributed by atoms with Gasteiger partial charge in [-0.15, -0.1) is 0 Å². The van der Waals surface area contributed by atoms with Gasteiger partial charge in [0.05, 0.1) is 18.2 Å². The molecule has 2 aromatic rings. The predicted octanol–water partition coefficient (Wildman–Crippen LogP) is 4.00. The van der Waals surface area contributed by atoms with Gasteiger partial charge in [0.25, 0.3) is 0 Å². The minimum Gasteiger partial charge on any atom is -0.392 e. The zero-order chi connectivity index (χ0) is 19.8. The number of hydrogen-bond acceptors (Lipinski definition) is 4. The van der Waals surface area contributed by atoms with Gasteiger partial charge in [-0.25, -0.2) is 0 Å². The van der Waals surface area contributed by atoms with Crippen LogP contribution in [0.1, 0.15) is 43.4 Å². The molecule has 0 aromatic heterocycles. The quantitative estimate of drug-likeness (QED) is 0.695. The minimum absolute atomic E-state index is 0.283. The Morgan fingerprint density at radius 1 is 1.04 bits per heavy atom. The molecular weight excluding hydrogens is 336 g/mol. The van der Waals surface area contributed by atoms with Gasteiger partial charge in [-0.3, -0.25) is 0 Å². The zero-order valence-corrected chi connectivity index (χ0v) is 16.2. The number of rotatable bonds is 8. The lowest BCUT2D eigenvalue weighted by Crippen LogP contribution is -2.34. The Kier molecular flexibility index (Phi) is 7.60. The van der Waals surface area contributed by atoms with Gasteiger partial charge in [0.1, 0.15) is 11.8 Å². The number of aliphatic hydroxyl groups is 2. The normalized spacial score (nSPS) is 16.1. The molecule has 4 atom stereocenters. The number of nitriles is 1. The van der Waals surface area contributed by atoms with Crippen LogP contribution in [-0.4, -0.2) is 34.3 Å². The molecule has 2 N–H and O–H groups in total. The van der Waals surface area contributed by atoms with Crippen LogP contribution >= 0.6 is 0 Å². The highest BCUT2D eigenvalue weighted by molar-refractivity contribution is 5.31. The van der Waals surface area contributed by atoms with Crippen LogP contribution < -0.4 is 0 Å². The van der Waals surface area contributed by atoms with Gasteiger partial charge in [-0.2, -0.15) is 5.26 Å². The van der Waals surface area contributed by atoms with Crippen molar-refractivity contribution in [1.82, 2.24) is 4.90 Å². The second-order valence-corrected chi connectivity index (χ2v) is 6.78.